The van der Waals surface area contributed by atoms with E-state index in [9.17, 15) is 4.79 Å². The fourth-order valence-corrected chi connectivity index (χ4v) is 1.67. The Kier molecular flexibility index (Phi) is 5.73. The molecule has 0 saturated heterocycles. The quantitative estimate of drug-likeness (QED) is 0.742. The van der Waals surface area contributed by atoms with Crippen LogP contribution in [0.15, 0.2) is 23.3 Å². The summed E-state index contributed by atoms with van der Waals surface area (Å²) in [5.41, 5.74) is 0.776. The first-order valence-corrected chi connectivity index (χ1v) is 6.37. The summed E-state index contributed by atoms with van der Waals surface area (Å²) >= 11 is 9.58. The normalized spacial score (nSPS) is 9.67. The topological polar surface area (TPSA) is 69.4 Å². The van der Waals surface area contributed by atoms with Crippen molar-refractivity contribution >= 4 is 24.4 Å². The highest BCUT2D eigenvalue weighted by molar-refractivity contribution is 7.71. The van der Waals surface area contributed by atoms with E-state index in [0.717, 1.165) is 23.3 Å². The molecule has 98 valence electrons. The van der Waals surface area contributed by atoms with E-state index in [4.69, 9.17) is 24.4 Å². The molecule has 2 aromatic heterocycles. The van der Waals surface area contributed by atoms with Crippen molar-refractivity contribution in [2.45, 2.75) is 19.8 Å². The van der Waals surface area contributed by atoms with Crippen LogP contribution in [0.5, 0.6) is 0 Å². The van der Waals surface area contributed by atoms with E-state index >= 15 is 0 Å². The number of nitrogens with zero attached hydrogens (tertiary/aromatic N) is 1. The molecular formula is C11H16N4OS2. The molecule has 0 aliphatic rings. The van der Waals surface area contributed by atoms with Gasteiger partial charge in [-0.3, -0.25) is 9.78 Å². The predicted octanol–water partition coefficient (Wildman–Crippen LogP) is 2.47. The van der Waals surface area contributed by atoms with Crippen LogP contribution >= 0.6 is 24.4 Å². The van der Waals surface area contributed by atoms with Gasteiger partial charge in [-0.15, -0.1) is 0 Å². The van der Waals surface area contributed by atoms with Crippen LogP contribution in [0.4, 0.5) is 0 Å². The molecule has 0 bridgehead atoms. The van der Waals surface area contributed by atoms with Crippen LogP contribution in [-0.2, 0) is 13.5 Å². The van der Waals surface area contributed by atoms with Crippen molar-refractivity contribution in [3.8, 4) is 0 Å². The molecule has 0 fully saturated rings. The molecule has 0 aliphatic heterocycles. The molecule has 5 nitrogen and oxygen atoms in total. The Labute approximate surface area is 115 Å². The summed E-state index contributed by atoms with van der Waals surface area (Å²) in [4.78, 5) is 19.1. The fourth-order valence-electron chi connectivity index (χ4n) is 1.31. The molecule has 0 amide bonds. The van der Waals surface area contributed by atoms with Gasteiger partial charge in [0.1, 0.15) is 0 Å². The molecule has 0 atom stereocenters. The van der Waals surface area contributed by atoms with E-state index < -0.39 is 0 Å². The lowest BCUT2D eigenvalue weighted by molar-refractivity contribution is 0.861. The third-order valence-electron chi connectivity index (χ3n) is 2.16. The number of hydrogen-bond acceptors (Lipinski definition) is 3. The highest BCUT2D eigenvalue weighted by Gasteiger charge is 1.91. The van der Waals surface area contributed by atoms with Gasteiger partial charge in [-0.25, -0.2) is 0 Å². The molecule has 0 aliphatic carbocycles. The molecule has 18 heavy (non-hydrogen) atoms. The van der Waals surface area contributed by atoms with Crippen LogP contribution in [0.1, 0.15) is 19.0 Å². The summed E-state index contributed by atoms with van der Waals surface area (Å²) in [6.07, 6.45) is 5.56. The number of aromatic nitrogens is 4. The number of hydrogen-bond donors (Lipinski definition) is 3. The van der Waals surface area contributed by atoms with Crippen molar-refractivity contribution in [2.24, 2.45) is 7.05 Å². The minimum absolute atomic E-state index is 0.128. The highest BCUT2D eigenvalue weighted by atomic mass is 32.1. The van der Waals surface area contributed by atoms with Crippen molar-refractivity contribution in [2.75, 3.05) is 0 Å². The van der Waals surface area contributed by atoms with Crippen LogP contribution in [0.2, 0.25) is 0 Å². The molecule has 0 aromatic carbocycles. The predicted molar refractivity (Wildman–Crippen MR) is 76.8 cm³/mol. The Balaban J connectivity index is 0.000000199. The van der Waals surface area contributed by atoms with E-state index in [1.807, 2.05) is 24.0 Å². The van der Waals surface area contributed by atoms with Gasteiger partial charge >= 0.3 is 0 Å². The SMILES string of the molecule is CCCc1cc(=O)[nH]c(=S)[nH]1.Cn1cc[nH]c1=S. The van der Waals surface area contributed by atoms with Crippen LogP contribution in [0.25, 0.3) is 0 Å². The van der Waals surface area contributed by atoms with Crippen molar-refractivity contribution in [3.05, 3.63) is 44.0 Å². The maximum atomic E-state index is 10.8. The summed E-state index contributed by atoms with van der Waals surface area (Å²) in [6.45, 7) is 2.05. The molecule has 0 radical (unpaired) electrons. The van der Waals surface area contributed by atoms with Crippen LogP contribution in [0.3, 0.4) is 0 Å². The number of imidazole rings is 1. The number of H-pyrrole nitrogens is 3. The molecule has 3 N–H and O–H groups in total. The molecule has 0 saturated carbocycles. The van der Waals surface area contributed by atoms with Crippen LogP contribution in [0, 0.1) is 9.54 Å². The van der Waals surface area contributed by atoms with E-state index in [-0.39, 0.29) is 5.56 Å². The Morgan fingerprint density at radius 2 is 2.06 bits per heavy atom. The monoisotopic (exact) mass is 284 g/mol. The summed E-state index contributed by atoms with van der Waals surface area (Å²) in [5.74, 6) is 0. The Morgan fingerprint density at radius 3 is 2.44 bits per heavy atom. The lowest BCUT2D eigenvalue weighted by Gasteiger charge is -1.95. The third kappa shape index (κ3) is 4.80. The first-order chi connectivity index (χ1) is 8.52. The number of aromatic amines is 3. The van der Waals surface area contributed by atoms with Gasteiger partial charge in [-0.05, 0) is 30.9 Å². The van der Waals surface area contributed by atoms with E-state index in [0.29, 0.717) is 4.77 Å². The van der Waals surface area contributed by atoms with Crippen molar-refractivity contribution in [3.63, 3.8) is 0 Å². The van der Waals surface area contributed by atoms with Gasteiger partial charge in [0.15, 0.2) is 9.54 Å². The van der Waals surface area contributed by atoms with Crippen molar-refractivity contribution in [1.29, 1.82) is 0 Å². The average molecular weight is 284 g/mol. The van der Waals surface area contributed by atoms with Gasteiger partial charge in [0.05, 0.1) is 0 Å². The van der Waals surface area contributed by atoms with Gasteiger partial charge in [0, 0.05) is 31.2 Å². The van der Waals surface area contributed by atoms with Crippen LogP contribution < -0.4 is 5.56 Å². The molecule has 0 spiro atoms. The van der Waals surface area contributed by atoms with Crippen LogP contribution in [-0.4, -0.2) is 19.5 Å². The molecule has 2 rings (SSSR count). The fraction of sp³-hybridized carbons (Fsp3) is 0.364. The summed E-state index contributed by atoms with van der Waals surface area (Å²) < 4.78 is 3.01. The average Bonchev–Trinajstić information content (AvgIpc) is 2.63. The minimum atomic E-state index is -0.128. The van der Waals surface area contributed by atoms with E-state index in [1.165, 1.54) is 0 Å². The van der Waals surface area contributed by atoms with Gasteiger partial charge < -0.3 is 14.5 Å². The van der Waals surface area contributed by atoms with Gasteiger partial charge in [-0.1, -0.05) is 13.3 Å². The largest absolute Gasteiger partial charge is 0.337 e. The molecule has 2 aromatic rings. The second-order valence-corrected chi connectivity index (χ2v) is 4.53. The zero-order valence-corrected chi connectivity index (χ0v) is 12.0. The molecular weight excluding hydrogens is 268 g/mol. The maximum Gasteiger partial charge on any atom is 0.251 e. The maximum absolute atomic E-state index is 10.8. The molecule has 7 heteroatoms. The minimum Gasteiger partial charge on any atom is -0.337 e. The third-order valence-corrected chi connectivity index (χ3v) is 2.77. The first kappa shape index (κ1) is 14.6. The van der Waals surface area contributed by atoms with Crippen molar-refractivity contribution < 1.29 is 0 Å². The second kappa shape index (κ2) is 7.07. The van der Waals surface area contributed by atoms with E-state index in [2.05, 4.69) is 21.9 Å². The zero-order chi connectivity index (χ0) is 13.5. The standard InChI is InChI=1S/C7H10N2OS.C4H6N2S/c1-2-3-5-4-6(10)9-7(11)8-5;1-6-3-2-5-4(6)7/h4H,2-3H2,1H3,(H2,8,9,10,11);2-3H,1H3,(H,5,7). The van der Waals surface area contributed by atoms with Gasteiger partial charge in [0.2, 0.25) is 0 Å². The number of rotatable bonds is 2. The van der Waals surface area contributed by atoms with Gasteiger partial charge in [0.25, 0.3) is 5.56 Å². The second-order valence-electron chi connectivity index (χ2n) is 3.74. The molecule has 0 unspecified atom stereocenters. The summed E-state index contributed by atoms with van der Waals surface area (Å²) in [5, 5.41) is 0. The smallest absolute Gasteiger partial charge is 0.251 e. The first-order valence-electron chi connectivity index (χ1n) is 5.55. The number of nitrogens with one attached hydrogen (secondary N) is 3. The highest BCUT2D eigenvalue weighted by Crippen LogP contribution is 1.93. The van der Waals surface area contributed by atoms with Gasteiger partial charge in [-0.2, -0.15) is 0 Å². The summed E-state index contributed by atoms with van der Waals surface area (Å²) in [6, 6.07) is 1.54. The Bertz CT molecular complexity index is 621. The van der Waals surface area contributed by atoms with E-state index in [1.54, 1.807) is 6.07 Å². The lowest BCUT2D eigenvalue weighted by atomic mass is 10.2. The lowest BCUT2D eigenvalue weighted by Crippen LogP contribution is -2.08. The Hall–Kier alpha value is -1.47. The Morgan fingerprint density at radius 1 is 1.33 bits per heavy atom. The zero-order valence-electron chi connectivity index (χ0n) is 10.3. The van der Waals surface area contributed by atoms with Crippen molar-refractivity contribution in [1.82, 2.24) is 19.5 Å². The number of aryl methyl sites for hydroxylation is 2. The molecule has 2 heterocycles. The summed E-state index contributed by atoms with van der Waals surface area (Å²) in [7, 11) is 1.90.